The summed E-state index contributed by atoms with van der Waals surface area (Å²) >= 11 is 0. The van der Waals surface area contributed by atoms with Crippen molar-refractivity contribution >= 4 is 5.91 Å². The van der Waals surface area contributed by atoms with Gasteiger partial charge in [0.05, 0.1) is 25.4 Å². The van der Waals surface area contributed by atoms with E-state index in [9.17, 15) is 30.3 Å². The minimum absolute atomic E-state index is 0.131. The van der Waals surface area contributed by atoms with Gasteiger partial charge in [-0.25, -0.2) is 0 Å². The van der Waals surface area contributed by atoms with Crippen molar-refractivity contribution in [3.63, 3.8) is 0 Å². The van der Waals surface area contributed by atoms with Gasteiger partial charge in [-0.15, -0.1) is 0 Å². The molecule has 1 fully saturated rings. The largest absolute Gasteiger partial charge is 0.394 e. The second-order valence-electron chi connectivity index (χ2n) is 20.1. The Morgan fingerprint density at radius 3 is 1.11 bits per heavy atom. The van der Waals surface area contributed by atoms with E-state index in [-0.39, 0.29) is 12.5 Å². The summed E-state index contributed by atoms with van der Waals surface area (Å²) in [4.78, 5) is 13.0. The molecule has 0 spiro atoms. The molecule has 1 heterocycles. The highest BCUT2D eigenvalue weighted by molar-refractivity contribution is 5.76. The van der Waals surface area contributed by atoms with E-state index >= 15 is 0 Å². The van der Waals surface area contributed by atoms with Gasteiger partial charge < -0.3 is 40.3 Å². The van der Waals surface area contributed by atoms with E-state index in [2.05, 4.69) is 19.2 Å². The van der Waals surface area contributed by atoms with Crippen LogP contribution in [-0.4, -0.2) is 87.5 Å². The SMILES string of the molecule is CCCCCCCCCCCCCCCCCCCCCCCCCCCCCC(=O)N[C@@H](CO[C@@H]1O[C@H](CO)[C@H](O)C(O)C1O)[C@H](O)CCCCCCCCCCCCCCCC. The number of aliphatic hydroxyl groups is 5. The van der Waals surface area contributed by atoms with Crippen molar-refractivity contribution < 1.29 is 39.8 Å². The van der Waals surface area contributed by atoms with Crippen molar-refractivity contribution in [3.8, 4) is 0 Å². The maximum atomic E-state index is 13.0. The van der Waals surface area contributed by atoms with Crippen molar-refractivity contribution in [3.05, 3.63) is 0 Å². The van der Waals surface area contributed by atoms with E-state index < -0.39 is 49.5 Å². The van der Waals surface area contributed by atoms with Gasteiger partial charge in [-0.3, -0.25) is 4.79 Å². The van der Waals surface area contributed by atoms with Gasteiger partial charge in [0.25, 0.3) is 0 Å². The Morgan fingerprint density at radius 2 is 0.781 bits per heavy atom. The van der Waals surface area contributed by atoms with Crippen molar-refractivity contribution in [2.45, 2.75) is 333 Å². The van der Waals surface area contributed by atoms with Gasteiger partial charge in [0, 0.05) is 6.42 Å². The second-order valence-corrected chi connectivity index (χ2v) is 20.1. The number of nitrogens with one attached hydrogen (secondary N) is 1. The molecule has 1 aliphatic rings. The molecule has 0 aromatic heterocycles. The average molecular weight is 912 g/mol. The third-order valence-corrected chi connectivity index (χ3v) is 14.0. The zero-order chi connectivity index (χ0) is 46.6. The van der Waals surface area contributed by atoms with Gasteiger partial charge in [-0.05, 0) is 12.8 Å². The smallest absolute Gasteiger partial charge is 0.220 e. The Bertz CT molecular complexity index is 970. The van der Waals surface area contributed by atoms with Crippen LogP contribution < -0.4 is 5.32 Å². The van der Waals surface area contributed by atoms with Crippen LogP contribution in [0.15, 0.2) is 0 Å². The highest BCUT2D eigenvalue weighted by Gasteiger charge is 2.44. The molecule has 1 aliphatic heterocycles. The third kappa shape index (κ3) is 35.3. The van der Waals surface area contributed by atoms with E-state index in [1.165, 1.54) is 225 Å². The van der Waals surface area contributed by atoms with Crippen LogP contribution in [0.5, 0.6) is 0 Å². The summed E-state index contributed by atoms with van der Waals surface area (Å²) in [6.45, 7) is 3.87. The van der Waals surface area contributed by atoms with E-state index in [1.54, 1.807) is 0 Å². The van der Waals surface area contributed by atoms with Crippen LogP contribution in [0.2, 0.25) is 0 Å². The lowest BCUT2D eigenvalue weighted by Crippen LogP contribution is -2.60. The standard InChI is InChI=1S/C55H109NO8/c1-3-5-7-9-11-13-15-17-19-20-21-22-23-24-25-26-27-28-29-30-31-33-35-37-39-41-43-45-51(59)56-48(47-63-55-54(62)53(61)52(60)50(46-57)64-55)49(58)44-42-40-38-36-34-32-18-16-14-12-10-8-6-4-2/h48-50,52-55,57-58,60-62H,3-47H2,1-2H3,(H,56,59)/t48-,49+,50+,52-,53?,54?,55+/m0/s1. The predicted molar refractivity (Wildman–Crippen MR) is 268 cm³/mol. The van der Waals surface area contributed by atoms with E-state index in [0.29, 0.717) is 12.8 Å². The minimum atomic E-state index is -1.55. The lowest BCUT2D eigenvalue weighted by molar-refractivity contribution is -0.302. The van der Waals surface area contributed by atoms with E-state index in [4.69, 9.17) is 9.47 Å². The van der Waals surface area contributed by atoms with Gasteiger partial charge >= 0.3 is 0 Å². The summed E-state index contributed by atoms with van der Waals surface area (Å²) in [7, 11) is 0. The molecule has 0 saturated carbocycles. The molecule has 0 aliphatic carbocycles. The summed E-state index contributed by atoms with van der Waals surface area (Å²) in [5.41, 5.74) is 0. The first-order valence-corrected chi connectivity index (χ1v) is 28.2. The number of hydrogen-bond donors (Lipinski definition) is 6. The zero-order valence-corrected chi connectivity index (χ0v) is 42.3. The number of rotatable bonds is 49. The van der Waals surface area contributed by atoms with Crippen LogP contribution in [0.4, 0.5) is 0 Å². The molecular formula is C55H109NO8. The van der Waals surface area contributed by atoms with E-state index in [0.717, 1.165) is 38.5 Å². The topological polar surface area (TPSA) is 149 Å². The van der Waals surface area contributed by atoms with Gasteiger partial charge in [-0.1, -0.05) is 271 Å². The number of carbonyl (C=O) groups excluding carboxylic acids is 1. The van der Waals surface area contributed by atoms with Crippen LogP contribution in [-0.2, 0) is 14.3 Å². The molecule has 1 rings (SSSR count). The Morgan fingerprint density at radius 1 is 0.469 bits per heavy atom. The van der Waals surface area contributed by atoms with E-state index in [1.807, 2.05) is 0 Å². The summed E-state index contributed by atoms with van der Waals surface area (Å²) in [5, 5.41) is 54.6. The molecule has 0 aromatic rings. The van der Waals surface area contributed by atoms with Crippen molar-refractivity contribution in [2.24, 2.45) is 0 Å². The van der Waals surface area contributed by atoms with Crippen molar-refractivity contribution in [1.29, 1.82) is 0 Å². The molecule has 7 atom stereocenters. The van der Waals surface area contributed by atoms with Crippen LogP contribution in [0, 0.1) is 0 Å². The first kappa shape index (κ1) is 61.2. The van der Waals surface area contributed by atoms with Crippen LogP contribution in [0.3, 0.4) is 0 Å². The fourth-order valence-electron chi connectivity index (χ4n) is 9.46. The summed E-state index contributed by atoms with van der Waals surface area (Å²) in [5.74, 6) is -0.137. The molecule has 6 N–H and O–H groups in total. The molecule has 9 nitrogen and oxygen atoms in total. The van der Waals surface area contributed by atoms with Crippen molar-refractivity contribution in [1.82, 2.24) is 5.32 Å². The quantitative estimate of drug-likeness (QED) is 0.0331. The predicted octanol–water partition coefficient (Wildman–Crippen LogP) is 13.5. The fourth-order valence-corrected chi connectivity index (χ4v) is 9.46. The monoisotopic (exact) mass is 912 g/mol. The number of amides is 1. The molecule has 1 saturated heterocycles. The molecule has 1 amide bonds. The lowest BCUT2D eigenvalue weighted by Gasteiger charge is -2.40. The summed E-state index contributed by atoms with van der Waals surface area (Å²) < 4.78 is 11.3. The normalized spacial score (nSPS) is 19.9. The third-order valence-electron chi connectivity index (χ3n) is 14.0. The molecular weight excluding hydrogens is 803 g/mol. The first-order valence-electron chi connectivity index (χ1n) is 28.2. The summed E-state index contributed by atoms with van der Waals surface area (Å²) in [6.07, 6.45) is 47.1. The second kappa shape index (κ2) is 45.9. The molecule has 0 radical (unpaired) electrons. The number of carbonyl (C=O) groups is 1. The Hall–Kier alpha value is -0.810. The minimum Gasteiger partial charge on any atom is -0.394 e. The number of unbranched alkanes of at least 4 members (excludes halogenated alkanes) is 39. The van der Waals surface area contributed by atoms with Gasteiger partial charge in [-0.2, -0.15) is 0 Å². The fraction of sp³-hybridized carbons (Fsp3) is 0.982. The number of aliphatic hydroxyl groups excluding tert-OH is 5. The highest BCUT2D eigenvalue weighted by Crippen LogP contribution is 2.23. The number of ether oxygens (including phenoxy) is 2. The van der Waals surface area contributed by atoms with Crippen molar-refractivity contribution in [2.75, 3.05) is 13.2 Å². The Labute approximate surface area is 395 Å². The molecule has 382 valence electrons. The molecule has 0 bridgehead atoms. The van der Waals surface area contributed by atoms with Crippen LogP contribution >= 0.6 is 0 Å². The molecule has 0 aromatic carbocycles. The zero-order valence-electron chi connectivity index (χ0n) is 42.3. The summed E-state index contributed by atoms with van der Waals surface area (Å²) in [6, 6.07) is -0.712. The van der Waals surface area contributed by atoms with Gasteiger partial charge in [0.1, 0.15) is 24.4 Å². The first-order chi connectivity index (χ1) is 31.3. The molecule has 2 unspecified atom stereocenters. The highest BCUT2D eigenvalue weighted by atomic mass is 16.7. The number of hydrogen-bond acceptors (Lipinski definition) is 8. The average Bonchev–Trinajstić information content (AvgIpc) is 3.29. The maximum Gasteiger partial charge on any atom is 0.220 e. The van der Waals surface area contributed by atoms with Gasteiger partial charge in [0.15, 0.2) is 6.29 Å². The van der Waals surface area contributed by atoms with Crippen LogP contribution in [0.1, 0.15) is 290 Å². The maximum absolute atomic E-state index is 13.0. The Balaban J connectivity index is 2.14. The van der Waals surface area contributed by atoms with Gasteiger partial charge in [0.2, 0.25) is 5.91 Å². The molecule has 9 heteroatoms. The lowest BCUT2D eigenvalue weighted by atomic mass is 9.99. The Kier molecular flexibility index (Phi) is 43.9. The molecule has 64 heavy (non-hydrogen) atoms. The van der Waals surface area contributed by atoms with Crippen LogP contribution in [0.25, 0.3) is 0 Å².